The fourth-order valence-corrected chi connectivity index (χ4v) is 2.69. The zero-order valence-electron chi connectivity index (χ0n) is 10.8. The third-order valence-corrected chi connectivity index (χ3v) is 4.04. The van der Waals surface area contributed by atoms with Crippen molar-refractivity contribution in [1.82, 2.24) is 4.90 Å². The van der Waals surface area contributed by atoms with Gasteiger partial charge in [-0.3, -0.25) is 4.79 Å². The number of ether oxygens (including phenoxy) is 1. The van der Waals surface area contributed by atoms with Crippen LogP contribution in [0, 0.1) is 5.41 Å². The van der Waals surface area contributed by atoms with Crippen LogP contribution in [0.1, 0.15) is 25.3 Å². The Bertz CT molecular complexity index is 445. The van der Waals surface area contributed by atoms with Gasteiger partial charge in [-0.25, -0.2) is 0 Å². The average Bonchev–Trinajstić information content (AvgIpc) is 3.04. The van der Waals surface area contributed by atoms with Crippen LogP contribution in [0.15, 0.2) is 30.3 Å². The number of benzene rings is 1. The Morgan fingerprint density at radius 2 is 2.17 bits per heavy atom. The van der Waals surface area contributed by atoms with Crippen molar-refractivity contribution in [2.24, 2.45) is 5.41 Å². The van der Waals surface area contributed by atoms with Crippen LogP contribution in [-0.4, -0.2) is 30.1 Å². The fourth-order valence-electron chi connectivity index (χ4n) is 2.69. The smallest absolute Gasteiger partial charge is 0.231 e. The zero-order chi connectivity index (χ0) is 12.6. The lowest BCUT2D eigenvalue weighted by Crippen LogP contribution is -2.40. The minimum atomic E-state index is -0.255. The van der Waals surface area contributed by atoms with Crippen LogP contribution in [0.2, 0.25) is 0 Å². The molecule has 1 aliphatic heterocycles. The molecule has 1 amide bonds. The van der Waals surface area contributed by atoms with Gasteiger partial charge in [-0.1, -0.05) is 30.3 Å². The van der Waals surface area contributed by atoms with E-state index in [0.717, 1.165) is 32.5 Å². The van der Waals surface area contributed by atoms with Gasteiger partial charge in [0.05, 0.1) is 11.5 Å². The number of rotatable bonds is 2. The van der Waals surface area contributed by atoms with Crippen molar-refractivity contribution >= 4 is 5.91 Å². The van der Waals surface area contributed by atoms with Gasteiger partial charge in [0.1, 0.15) is 0 Å². The van der Waals surface area contributed by atoms with Gasteiger partial charge in [-0.05, 0) is 25.3 Å². The summed E-state index contributed by atoms with van der Waals surface area (Å²) in [5.74, 6) is 0.260. The average molecular weight is 245 g/mol. The molecule has 2 atom stereocenters. The number of nitrogens with zero attached hydrogens (tertiary/aromatic N) is 1. The molecular formula is C15H19NO2. The van der Waals surface area contributed by atoms with Crippen molar-refractivity contribution in [3.05, 3.63) is 35.9 Å². The number of carbonyl (C=O) groups is 1. The van der Waals surface area contributed by atoms with E-state index in [-0.39, 0.29) is 17.4 Å². The third kappa shape index (κ3) is 2.03. The van der Waals surface area contributed by atoms with Crippen molar-refractivity contribution in [3.63, 3.8) is 0 Å². The Kier molecular flexibility index (Phi) is 2.86. The molecule has 1 heterocycles. The van der Waals surface area contributed by atoms with E-state index in [1.807, 2.05) is 30.0 Å². The Morgan fingerprint density at radius 3 is 2.94 bits per heavy atom. The second-order valence-electron chi connectivity index (χ2n) is 5.55. The first-order chi connectivity index (χ1) is 8.70. The quantitative estimate of drug-likeness (QED) is 0.799. The van der Waals surface area contributed by atoms with E-state index in [1.165, 1.54) is 5.56 Å². The highest BCUT2D eigenvalue weighted by atomic mass is 16.5. The second kappa shape index (κ2) is 4.39. The highest BCUT2D eigenvalue weighted by Crippen LogP contribution is 2.50. The summed E-state index contributed by atoms with van der Waals surface area (Å²) in [7, 11) is 0. The predicted octanol–water partition coefficient (Wildman–Crippen LogP) is 2.21. The summed E-state index contributed by atoms with van der Waals surface area (Å²) in [6, 6.07) is 10.2. The maximum atomic E-state index is 12.5. The van der Waals surface area contributed by atoms with E-state index in [1.54, 1.807) is 0 Å². The molecule has 2 fully saturated rings. The van der Waals surface area contributed by atoms with Crippen LogP contribution >= 0.6 is 0 Å². The minimum absolute atomic E-state index is 0.156. The highest BCUT2D eigenvalue weighted by molar-refractivity contribution is 5.86. The van der Waals surface area contributed by atoms with Crippen LogP contribution in [0.4, 0.5) is 0 Å². The Balaban J connectivity index is 1.75. The van der Waals surface area contributed by atoms with Crippen LogP contribution < -0.4 is 0 Å². The lowest BCUT2D eigenvalue weighted by atomic mass is 10.1. The molecule has 96 valence electrons. The van der Waals surface area contributed by atoms with Gasteiger partial charge < -0.3 is 9.64 Å². The topological polar surface area (TPSA) is 29.5 Å². The predicted molar refractivity (Wildman–Crippen MR) is 68.9 cm³/mol. The molecular weight excluding hydrogens is 226 g/mol. The summed E-state index contributed by atoms with van der Waals surface area (Å²) in [6.07, 6.45) is 1.98. The van der Waals surface area contributed by atoms with Crippen molar-refractivity contribution in [1.29, 1.82) is 0 Å². The van der Waals surface area contributed by atoms with Crippen molar-refractivity contribution in [3.8, 4) is 0 Å². The SMILES string of the molecule is C[C@@]12C[C@@H]1OCCCN(Cc1ccccc1)C2=O. The zero-order valence-corrected chi connectivity index (χ0v) is 10.8. The molecule has 3 heteroatoms. The highest BCUT2D eigenvalue weighted by Gasteiger charge is 2.59. The Hall–Kier alpha value is -1.35. The summed E-state index contributed by atoms with van der Waals surface area (Å²) >= 11 is 0. The lowest BCUT2D eigenvalue weighted by Gasteiger charge is -2.28. The second-order valence-corrected chi connectivity index (χ2v) is 5.55. The van der Waals surface area contributed by atoms with Crippen LogP contribution in [0.3, 0.4) is 0 Å². The first-order valence-electron chi connectivity index (χ1n) is 6.65. The number of carbonyl (C=O) groups excluding carboxylic acids is 1. The molecule has 18 heavy (non-hydrogen) atoms. The molecule has 1 aliphatic carbocycles. The fraction of sp³-hybridized carbons (Fsp3) is 0.533. The molecule has 1 saturated carbocycles. The summed E-state index contributed by atoms with van der Waals surface area (Å²) in [6.45, 7) is 4.33. The number of hydrogen-bond donors (Lipinski definition) is 0. The molecule has 1 aromatic rings. The molecule has 0 aromatic heterocycles. The minimum Gasteiger partial charge on any atom is -0.377 e. The molecule has 0 bridgehead atoms. The maximum absolute atomic E-state index is 12.5. The van der Waals surface area contributed by atoms with Gasteiger partial charge >= 0.3 is 0 Å². The molecule has 1 saturated heterocycles. The van der Waals surface area contributed by atoms with Crippen molar-refractivity contribution in [2.45, 2.75) is 32.4 Å². The Labute approximate surface area is 108 Å². The van der Waals surface area contributed by atoms with Gasteiger partial charge in [0, 0.05) is 19.7 Å². The third-order valence-electron chi connectivity index (χ3n) is 4.04. The summed E-state index contributed by atoms with van der Waals surface area (Å²) in [4.78, 5) is 14.5. The Morgan fingerprint density at radius 1 is 1.39 bits per heavy atom. The van der Waals surface area contributed by atoms with Crippen LogP contribution in [0.25, 0.3) is 0 Å². The van der Waals surface area contributed by atoms with E-state index in [4.69, 9.17) is 4.74 Å². The van der Waals surface area contributed by atoms with Gasteiger partial charge in [-0.15, -0.1) is 0 Å². The monoisotopic (exact) mass is 245 g/mol. The molecule has 0 unspecified atom stereocenters. The summed E-state index contributed by atoms with van der Waals surface area (Å²) < 4.78 is 5.68. The number of hydrogen-bond acceptors (Lipinski definition) is 2. The lowest BCUT2D eigenvalue weighted by molar-refractivity contribution is -0.140. The first-order valence-corrected chi connectivity index (χ1v) is 6.65. The molecule has 3 nitrogen and oxygen atoms in total. The number of fused-ring (bicyclic) bond motifs is 1. The molecule has 3 rings (SSSR count). The van der Waals surface area contributed by atoms with E-state index >= 15 is 0 Å². The molecule has 0 N–H and O–H groups in total. The van der Waals surface area contributed by atoms with E-state index < -0.39 is 0 Å². The van der Waals surface area contributed by atoms with Crippen LogP contribution in [-0.2, 0) is 16.1 Å². The van der Waals surface area contributed by atoms with Crippen LogP contribution in [0.5, 0.6) is 0 Å². The first kappa shape index (κ1) is 11.7. The van der Waals surface area contributed by atoms with Gasteiger partial charge in [0.25, 0.3) is 0 Å². The normalized spacial score (nSPS) is 31.5. The molecule has 1 aromatic carbocycles. The van der Waals surface area contributed by atoms with E-state index in [9.17, 15) is 4.79 Å². The largest absolute Gasteiger partial charge is 0.377 e. The number of amides is 1. The van der Waals surface area contributed by atoms with Gasteiger partial charge in [-0.2, -0.15) is 0 Å². The summed E-state index contributed by atoms with van der Waals surface area (Å²) in [5, 5.41) is 0. The molecule has 0 radical (unpaired) electrons. The molecule has 0 spiro atoms. The van der Waals surface area contributed by atoms with Crippen molar-refractivity contribution in [2.75, 3.05) is 13.2 Å². The maximum Gasteiger partial charge on any atom is 0.231 e. The standard InChI is InChI=1S/C15H19NO2/c1-15-10-13(15)18-9-5-8-16(14(15)17)11-12-6-3-2-4-7-12/h2-4,6-7,13H,5,8-11H2,1H3/t13-,15+/m0/s1. The van der Waals surface area contributed by atoms with Gasteiger partial charge in [0.15, 0.2) is 0 Å². The van der Waals surface area contributed by atoms with Gasteiger partial charge in [0.2, 0.25) is 5.91 Å². The van der Waals surface area contributed by atoms with E-state index in [0.29, 0.717) is 0 Å². The summed E-state index contributed by atoms with van der Waals surface area (Å²) in [5.41, 5.74) is 0.947. The van der Waals surface area contributed by atoms with Crippen molar-refractivity contribution < 1.29 is 9.53 Å². The molecule has 2 aliphatic rings. The van der Waals surface area contributed by atoms with E-state index in [2.05, 4.69) is 12.1 Å².